The van der Waals surface area contributed by atoms with Gasteiger partial charge in [0.2, 0.25) is 0 Å². The van der Waals surface area contributed by atoms with E-state index in [1.165, 1.54) is 0 Å². The molecule has 0 heterocycles. The van der Waals surface area contributed by atoms with Gasteiger partial charge >= 0.3 is 58.4 Å². The van der Waals surface area contributed by atoms with Crippen LogP contribution >= 0.6 is 0 Å². The molecular formula is C9H10BF4KO. The molecule has 0 atom stereocenters. The van der Waals surface area contributed by atoms with Gasteiger partial charge in [-0.1, -0.05) is 18.2 Å². The summed E-state index contributed by atoms with van der Waals surface area (Å²) in [5.74, 6) is -0.875. The van der Waals surface area contributed by atoms with Gasteiger partial charge in [-0.05, 0) is 6.92 Å². The summed E-state index contributed by atoms with van der Waals surface area (Å²) in [7, 11) is 0. The molecule has 0 aliphatic carbocycles. The summed E-state index contributed by atoms with van der Waals surface area (Å²) in [5, 5.41) is 0. The van der Waals surface area contributed by atoms with Gasteiger partial charge in [0, 0.05) is 12.2 Å². The molecule has 0 aliphatic rings. The van der Waals surface area contributed by atoms with Crippen LogP contribution in [0, 0.1) is 5.82 Å². The number of benzene rings is 1. The van der Waals surface area contributed by atoms with Gasteiger partial charge in [0.05, 0.1) is 6.61 Å². The Hall–Kier alpha value is 0.601. The molecule has 0 aliphatic heterocycles. The van der Waals surface area contributed by atoms with Crippen molar-refractivity contribution in [3.63, 3.8) is 0 Å². The Morgan fingerprint density at radius 1 is 1.25 bits per heavy atom. The van der Waals surface area contributed by atoms with Gasteiger partial charge < -0.3 is 17.7 Å². The zero-order valence-corrected chi connectivity index (χ0v) is 12.3. The minimum atomic E-state index is -5.13. The van der Waals surface area contributed by atoms with E-state index in [1.54, 1.807) is 6.92 Å². The van der Waals surface area contributed by atoms with Crippen molar-refractivity contribution >= 4 is 12.4 Å². The molecule has 0 bridgehead atoms. The van der Waals surface area contributed by atoms with E-state index in [2.05, 4.69) is 0 Å². The predicted octanol–water partition coefficient (Wildman–Crippen LogP) is -0.579. The van der Waals surface area contributed by atoms with Crippen LogP contribution in [0.25, 0.3) is 0 Å². The molecule has 0 fully saturated rings. The molecule has 1 nitrogen and oxygen atoms in total. The minimum absolute atomic E-state index is 0. The van der Waals surface area contributed by atoms with E-state index in [9.17, 15) is 17.3 Å². The van der Waals surface area contributed by atoms with Crippen molar-refractivity contribution in [1.82, 2.24) is 0 Å². The van der Waals surface area contributed by atoms with E-state index in [-0.39, 0.29) is 63.6 Å². The summed E-state index contributed by atoms with van der Waals surface area (Å²) in [6.07, 6.45) is 0. The SMILES string of the molecule is CCOCc1ccc([B-](F)(F)F)cc1F.[K+]. The molecule has 0 saturated heterocycles. The van der Waals surface area contributed by atoms with Crippen molar-refractivity contribution in [1.29, 1.82) is 0 Å². The minimum Gasteiger partial charge on any atom is -0.445 e. The van der Waals surface area contributed by atoms with Crippen LogP contribution in [0.4, 0.5) is 17.3 Å². The van der Waals surface area contributed by atoms with E-state index in [4.69, 9.17) is 4.74 Å². The smallest absolute Gasteiger partial charge is 0.445 e. The van der Waals surface area contributed by atoms with Crippen LogP contribution in [-0.2, 0) is 11.3 Å². The van der Waals surface area contributed by atoms with Gasteiger partial charge in [-0.2, -0.15) is 0 Å². The fourth-order valence-electron chi connectivity index (χ4n) is 1.10. The molecule has 0 spiro atoms. The van der Waals surface area contributed by atoms with Crippen LogP contribution in [0.1, 0.15) is 12.5 Å². The van der Waals surface area contributed by atoms with Gasteiger partial charge in [-0.15, -0.1) is 5.46 Å². The number of hydrogen-bond donors (Lipinski definition) is 0. The molecule has 0 amide bonds. The van der Waals surface area contributed by atoms with E-state index < -0.39 is 18.3 Å². The summed E-state index contributed by atoms with van der Waals surface area (Å²) in [6, 6.07) is 2.49. The maximum absolute atomic E-state index is 13.1. The zero-order valence-electron chi connectivity index (χ0n) is 9.14. The third-order valence-electron chi connectivity index (χ3n) is 1.92. The van der Waals surface area contributed by atoms with E-state index in [0.29, 0.717) is 12.7 Å². The molecule has 0 saturated carbocycles. The van der Waals surface area contributed by atoms with Crippen LogP contribution in [0.3, 0.4) is 0 Å². The van der Waals surface area contributed by atoms with Crippen LogP contribution in [0.2, 0.25) is 0 Å². The van der Waals surface area contributed by atoms with Crippen molar-refractivity contribution in [2.45, 2.75) is 13.5 Å². The third-order valence-corrected chi connectivity index (χ3v) is 1.92. The Kier molecular flexibility index (Phi) is 7.40. The molecule has 16 heavy (non-hydrogen) atoms. The summed E-state index contributed by atoms with van der Waals surface area (Å²) in [4.78, 5) is 0. The molecule has 0 unspecified atom stereocenters. The second-order valence-electron chi connectivity index (χ2n) is 3.06. The molecular weight excluding hydrogens is 250 g/mol. The Bertz CT molecular complexity index is 343. The quantitative estimate of drug-likeness (QED) is 0.520. The molecule has 0 radical (unpaired) electrons. The third kappa shape index (κ3) is 4.85. The van der Waals surface area contributed by atoms with Crippen LogP contribution < -0.4 is 56.8 Å². The largest absolute Gasteiger partial charge is 1.00 e. The van der Waals surface area contributed by atoms with Crippen molar-refractivity contribution in [2.24, 2.45) is 0 Å². The Morgan fingerprint density at radius 2 is 1.88 bits per heavy atom. The average Bonchev–Trinajstić information content (AvgIpc) is 2.14. The number of ether oxygens (including phenoxy) is 1. The maximum atomic E-state index is 13.1. The molecule has 84 valence electrons. The summed E-state index contributed by atoms with van der Waals surface area (Å²) in [5.41, 5.74) is -0.784. The summed E-state index contributed by atoms with van der Waals surface area (Å²) < 4.78 is 54.7. The van der Waals surface area contributed by atoms with Crippen molar-refractivity contribution in [2.75, 3.05) is 6.61 Å². The number of rotatable bonds is 4. The number of halogens is 4. The first-order valence-electron chi connectivity index (χ1n) is 4.51. The Morgan fingerprint density at radius 3 is 2.31 bits per heavy atom. The van der Waals surface area contributed by atoms with Crippen LogP contribution in [-0.4, -0.2) is 13.6 Å². The zero-order chi connectivity index (χ0) is 11.5. The molecule has 0 aromatic heterocycles. The standard InChI is InChI=1S/C9H10BF4O.K/c1-2-15-6-7-3-4-8(5-9(7)11)10(12,13)14;/h3-5H,2,6H2,1H3;/q-1;+1. The molecule has 7 heteroatoms. The first-order chi connectivity index (χ1) is 6.95. The monoisotopic (exact) mass is 260 g/mol. The second-order valence-corrected chi connectivity index (χ2v) is 3.06. The average molecular weight is 260 g/mol. The first kappa shape index (κ1) is 16.6. The fourth-order valence-corrected chi connectivity index (χ4v) is 1.10. The Balaban J connectivity index is 0.00000225. The molecule has 1 rings (SSSR count). The Labute approximate surface area is 134 Å². The van der Waals surface area contributed by atoms with E-state index in [0.717, 1.165) is 12.1 Å². The second kappa shape index (κ2) is 7.13. The molecule has 0 N–H and O–H groups in total. The summed E-state index contributed by atoms with van der Waals surface area (Å²) in [6.45, 7) is -3.02. The van der Waals surface area contributed by atoms with E-state index >= 15 is 0 Å². The van der Waals surface area contributed by atoms with Gasteiger partial charge in [-0.3, -0.25) is 0 Å². The summed E-state index contributed by atoms with van der Waals surface area (Å²) >= 11 is 0. The van der Waals surface area contributed by atoms with E-state index in [1.807, 2.05) is 0 Å². The van der Waals surface area contributed by atoms with Crippen LogP contribution in [0.5, 0.6) is 0 Å². The fraction of sp³-hybridized carbons (Fsp3) is 0.333. The van der Waals surface area contributed by atoms with Crippen molar-refractivity contribution < 1.29 is 73.5 Å². The maximum Gasteiger partial charge on any atom is 1.00 e. The van der Waals surface area contributed by atoms with Crippen molar-refractivity contribution in [3.05, 3.63) is 29.6 Å². The molecule has 1 aromatic carbocycles. The van der Waals surface area contributed by atoms with Gasteiger partial charge in [0.1, 0.15) is 5.82 Å². The van der Waals surface area contributed by atoms with Gasteiger partial charge in [0.25, 0.3) is 0 Å². The van der Waals surface area contributed by atoms with Crippen molar-refractivity contribution in [3.8, 4) is 0 Å². The van der Waals surface area contributed by atoms with Gasteiger partial charge in [-0.25, -0.2) is 4.39 Å². The topological polar surface area (TPSA) is 9.23 Å². The van der Waals surface area contributed by atoms with Crippen LogP contribution in [0.15, 0.2) is 18.2 Å². The predicted molar refractivity (Wildman–Crippen MR) is 50.4 cm³/mol. The first-order valence-corrected chi connectivity index (χ1v) is 4.51. The normalized spacial score (nSPS) is 11.1. The number of hydrogen-bond acceptors (Lipinski definition) is 1. The molecule has 1 aromatic rings. The van der Waals surface area contributed by atoms with Gasteiger partial charge in [0.15, 0.2) is 0 Å².